The molecule has 3 saturated heterocycles. The molecule has 1 spiro atoms. The number of ether oxygens (including phenoxy) is 1. The molecule has 0 radical (unpaired) electrons. The third kappa shape index (κ3) is 6.14. The van der Waals surface area contributed by atoms with Crippen molar-refractivity contribution < 1.29 is 24.2 Å². The van der Waals surface area contributed by atoms with E-state index in [-0.39, 0.29) is 44.1 Å². The normalized spacial score (nSPS) is 25.4. The minimum absolute atomic E-state index is 0.0668. The second kappa shape index (κ2) is 14.4. The Hall–Kier alpha value is -4.16. The first kappa shape index (κ1) is 34.7. The van der Waals surface area contributed by atoms with Gasteiger partial charge in [-0.15, -0.1) is 30.0 Å². The maximum atomic E-state index is 14.9. The van der Waals surface area contributed by atoms with Crippen molar-refractivity contribution >= 4 is 46.2 Å². The summed E-state index contributed by atoms with van der Waals surface area (Å²) in [7, 11) is 0. The van der Waals surface area contributed by atoms with E-state index < -0.39 is 27.4 Å². The monoisotopic (exact) mass is 686 g/mol. The lowest BCUT2D eigenvalue weighted by molar-refractivity contribution is -0.143. The predicted octanol–water partition coefficient (Wildman–Crippen LogP) is 4.67. The van der Waals surface area contributed by atoms with Gasteiger partial charge in [-0.3, -0.25) is 14.4 Å². The molecule has 3 aromatic rings. The van der Waals surface area contributed by atoms with E-state index in [0.29, 0.717) is 50.3 Å². The number of likely N-dealkylation sites (tertiary alicyclic amines) is 1. The van der Waals surface area contributed by atoms with Gasteiger partial charge in [0.05, 0.1) is 28.7 Å². The number of fused-ring (bicyclic) bond motifs is 2. The molecule has 4 heterocycles. The first-order chi connectivity index (χ1) is 23.7. The minimum atomic E-state index is -0.775. The van der Waals surface area contributed by atoms with Crippen LogP contribution in [0.5, 0.6) is 5.75 Å². The molecule has 49 heavy (non-hydrogen) atoms. The van der Waals surface area contributed by atoms with Gasteiger partial charge in [0.15, 0.2) is 0 Å². The molecule has 0 saturated carbocycles. The van der Waals surface area contributed by atoms with Crippen molar-refractivity contribution in [3.05, 3.63) is 73.8 Å². The molecule has 11 nitrogen and oxygen atoms in total. The molecule has 3 aliphatic heterocycles. The van der Waals surface area contributed by atoms with Gasteiger partial charge in [-0.05, 0) is 82.3 Å². The van der Waals surface area contributed by atoms with E-state index >= 15 is 0 Å². The van der Waals surface area contributed by atoms with Crippen molar-refractivity contribution in [2.45, 2.75) is 68.2 Å². The Balaban J connectivity index is 1.37. The van der Waals surface area contributed by atoms with E-state index in [1.807, 2.05) is 55.5 Å². The van der Waals surface area contributed by atoms with Gasteiger partial charge in [0.25, 0.3) is 0 Å². The van der Waals surface area contributed by atoms with Gasteiger partial charge in [-0.25, -0.2) is 4.68 Å². The molecule has 0 aliphatic carbocycles. The number of rotatable bonds is 16. The zero-order valence-electron chi connectivity index (χ0n) is 28.4. The summed E-state index contributed by atoms with van der Waals surface area (Å²) in [5.41, 5.74) is 2.23. The third-order valence-corrected chi connectivity index (χ3v) is 12.2. The summed E-state index contributed by atoms with van der Waals surface area (Å²) in [5, 5.41) is 18.0. The molecular formula is C37H46N6O5S. The number of benzene rings is 2. The van der Waals surface area contributed by atoms with Crippen LogP contribution in [0.25, 0.3) is 11.0 Å². The molecule has 5 atom stereocenters. The number of aromatic nitrogens is 3. The van der Waals surface area contributed by atoms with Crippen molar-refractivity contribution in [3.8, 4) is 5.75 Å². The largest absolute Gasteiger partial charge is 0.494 e. The third-order valence-electron chi connectivity index (χ3n) is 10.3. The summed E-state index contributed by atoms with van der Waals surface area (Å²) in [5.74, 6) is -1.04. The second-order valence-corrected chi connectivity index (χ2v) is 15.2. The SMILES string of the molecule is C=CCN(Cn1nnc2ccccc21)C(=O)C1N(CCCCCO)C(=O)[C@@H]2[C@@H](C(=O)N(CC=C)c3ccc(OCC)cc3)[C@@]3(C)CCC12S3. The summed E-state index contributed by atoms with van der Waals surface area (Å²) < 4.78 is 6.02. The van der Waals surface area contributed by atoms with E-state index in [1.165, 1.54) is 0 Å². The van der Waals surface area contributed by atoms with Gasteiger partial charge in [-0.1, -0.05) is 29.5 Å². The Morgan fingerprint density at radius 2 is 1.82 bits per heavy atom. The van der Waals surface area contributed by atoms with Gasteiger partial charge in [-0.2, -0.15) is 0 Å². The number of hydrogen-bond acceptors (Lipinski definition) is 8. The maximum Gasteiger partial charge on any atom is 0.248 e. The molecule has 2 aromatic carbocycles. The van der Waals surface area contributed by atoms with Crippen LogP contribution in [0.2, 0.25) is 0 Å². The van der Waals surface area contributed by atoms with Crippen molar-refractivity contribution in [2.75, 3.05) is 37.7 Å². The number of carbonyl (C=O) groups excluding carboxylic acids is 3. The summed E-state index contributed by atoms with van der Waals surface area (Å²) >= 11 is 1.66. The Morgan fingerprint density at radius 3 is 2.53 bits per heavy atom. The van der Waals surface area contributed by atoms with Crippen LogP contribution in [0.4, 0.5) is 5.69 Å². The zero-order valence-corrected chi connectivity index (χ0v) is 29.2. The highest BCUT2D eigenvalue weighted by Gasteiger charge is 2.77. The molecular weight excluding hydrogens is 641 g/mol. The predicted molar refractivity (Wildman–Crippen MR) is 191 cm³/mol. The van der Waals surface area contributed by atoms with Crippen molar-refractivity contribution in [1.29, 1.82) is 0 Å². The smallest absolute Gasteiger partial charge is 0.248 e. The number of amides is 3. The molecule has 1 N–H and O–H groups in total. The maximum absolute atomic E-state index is 14.9. The molecule has 260 valence electrons. The molecule has 2 bridgehead atoms. The van der Waals surface area contributed by atoms with E-state index in [9.17, 15) is 19.5 Å². The highest BCUT2D eigenvalue weighted by Crippen LogP contribution is 2.71. The Morgan fingerprint density at radius 1 is 1.06 bits per heavy atom. The number of para-hydroxylation sites is 1. The van der Waals surface area contributed by atoms with Gasteiger partial charge in [0.2, 0.25) is 17.7 Å². The van der Waals surface area contributed by atoms with Crippen LogP contribution in [-0.4, -0.2) is 96.0 Å². The average Bonchev–Trinajstić information content (AvgIpc) is 3.81. The topological polar surface area (TPSA) is 121 Å². The van der Waals surface area contributed by atoms with E-state index in [0.717, 1.165) is 17.5 Å². The van der Waals surface area contributed by atoms with E-state index in [4.69, 9.17) is 4.74 Å². The fourth-order valence-electron chi connectivity index (χ4n) is 8.13. The summed E-state index contributed by atoms with van der Waals surface area (Å²) in [6, 6.07) is 14.2. The number of aliphatic hydroxyl groups excluding tert-OH is 1. The zero-order chi connectivity index (χ0) is 34.8. The number of hydrogen-bond donors (Lipinski definition) is 1. The highest BCUT2D eigenvalue weighted by molar-refractivity contribution is 8.02. The minimum Gasteiger partial charge on any atom is -0.494 e. The fourth-order valence-corrected chi connectivity index (χ4v) is 10.5. The first-order valence-corrected chi connectivity index (χ1v) is 18.0. The Kier molecular flexibility index (Phi) is 10.2. The van der Waals surface area contributed by atoms with Gasteiger partial charge in [0.1, 0.15) is 24.0 Å². The number of unbranched alkanes of at least 4 members (excludes halogenated alkanes) is 2. The molecule has 2 unspecified atom stereocenters. The van der Waals surface area contributed by atoms with Gasteiger partial charge >= 0.3 is 0 Å². The lowest BCUT2D eigenvalue weighted by atomic mass is 9.66. The van der Waals surface area contributed by atoms with Crippen LogP contribution in [0.3, 0.4) is 0 Å². The van der Waals surface area contributed by atoms with Crippen LogP contribution >= 0.6 is 11.8 Å². The number of thioether (sulfide) groups is 1. The van der Waals surface area contributed by atoms with E-state index in [2.05, 4.69) is 30.4 Å². The van der Waals surface area contributed by atoms with Crippen LogP contribution in [0, 0.1) is 11.8 Å². The molecule has 3 aliphatic rings. The number of nitrogens with zero attached hydrogens (tertiary/aromatic N) is 6. The highest BCUT2D eigenvalue weighted by atomic mass is 32.2. The quantitative estimate of drug-likeness (QED) is 0.171. The lowest BCUT2D eigenvalue weighted by Crippen LogP contribution is -2.55. The molecule has 1 aromatic heterocycles. The van der Waals surface area contributed by atoms with Crippen molar-refractivity contribution in [1.82, 2.24) is 24.8 Å². The van der Waals surface area contributed by atoms with Crippen LogP contribution in [0.15, 0.2) is 73.8 Å². The first-order valence-electron chi connectivity index (χ1n) is 17.2. The molecule has 3 fully saturated rings. The van der Waals surface area contributed by atoms with E-state index in [1.54, 1.807) is 43.3 Å². The average molecular weight is 687 g/mol. The van der Waals surface area contributed by atoms with Gasteiger partial charge in [0, 0.05) is 36.7 Å². The van der Waals surface area contributed by atoms with Crippen molar-refractivity contribution in [3.63, 3.8) is 0 Å². The number of carbonyl (C=O) groups is 3. The molecule has 3 amide bonds. The molecule has 6 rings (SSSR count). The Bertz CT molecular complexity index is 1710. The number of aliphatic hydroxyl groups is 1. The Labute approximate surface area is 291 Å². The van der Waals surface area contributed by atoms with Crippen LogP contribution in [0.1, 0.15) is 46.0 Å². The van der Waals surface area contributed by atoms with Gasteiger partial charge < -0.3 is 24.5 Å². The van der Waals surface area contributed by atoms with Crippen LogP contribution in [-0.2, 0) is 21.1 Å². The van der Waals surface area contributed by atoms with Crippen LogP contribution < -0.4 is 9.64 Å². The number of anilines is 1. The summed E-state index contributed by atoms with van der Waals surface area (Å²) in [6.45, 7) is 13.5. The molecule has 12 heteroatoms. The lowest BCUT2D eigenvalue weighted by Gasteiger charge is -2.38. The van der Waals surface area contributed by atoms with Crippen molar-refractivity contribution in [2.24, 2.45) is 11.8 Å². The summed E-state index contributed by atoms with van der Waals surface area (Å²) in [4.78, 5) is 49.6. The standard InChI is InChI=1S/C37H46N6O5S/c1-5-21-40(25-43-29-14-10-9-13-28(29)38-39-43)35(47)32-37-20-19-36(4,49-37)30(31(37)34(46)42(32)23-11-8-12-24-44)33(45)41(22-6-2)26-15-17-27(18-16-26)48-7-3/h5-6,9-10,13-18,30-32,44H,1-2,7-8,11-12,19-25H2,3-4H3/t30-,31-,32?,36+,37?/m0/s1. The summed E-state index contributed by atoms with van der Waals surface area (Å²) in [6.07, 6.45) is 6.72. The second-order valence-electron chi connectivity index (χ2n) is 13.3. The fraction of sp³-hybridized carbons (Fsp3) is 0.486.